The SMILES string of the molecule is CCCCCCCCCCCC[N+](C)(CC)CC(OCC)(OCC)C(OCC)(OCC)OCCOc1ccccc1. The molecule has 0 aliphatic rings. The van der Waals surface area contributed by atoms with Gasteiger partial charge in [0.05, 0.1) is 26.7 Å². The normalized spacial score (nSPS) is 13.8. The Hall–Kier alpha value is -1.22. The van der Waals surface area contributed by atoms with Gasteiger partial charge in [0.2, 0.25) is 0 Å². The van der Waals surface area contributed by atoms with E-state index >= 15 is 0 Å². The third-order valence-electron chi connectivity index (χ3n) is 7.68. The second kappa shape index (κ2) is 22.3. The lowest BCUT2D eigenvalue weighted by Crippen LogP contribution is -2.70. The van der Waals surface area contributed by atoms with Crippen LogP contribution in [-0.2, 0) is 23.7 Å². The topological polar surface area (TPSA) is 55.4 Å². The van der Waals surface area contributed by atoms with Crippen LogP contribution in [0, 0.1) is 0 Å². The molecule has 0 amide bonds. The van der Waals surface area contributed by atoms with Crippen molar-refractivity contribution in [2.75, 3.05) is 66.3 Å². The third kappa shape index (κ3) is 13.7. The fourth-order valence-corrected chi connectivity index (χ4v) is 5.39. The van der Waals surface area contributed by atoms with Crippen molar-refractivity contribution >= 4 is 0 Å². The van der Waals surface area contributed by atoms with Crippen LogP contribution in [-0.4, -0.2) is 82.6 Å². The highest BCUT2D eigenvalue weighted by atomic mass is 16.9. The van der Waals surface area contributed by atoms with Crippen molar-refractivity contribution in [1.29, 1.82) is 0 Å². The van der Waals surface area contributed by atoms with Gasteiger partial charge in [-0.25, -0.2) is 0 Å². The summed E-state index contributed by atoms with van der Waals surface area (Å²) in [6.45, 7) is 17.1. The van der Waals surface area contributed by atoms with Crippen LogP contribution in [0.3, 0.4) is 0 Å². The molecule has 41 heavy (non-hydrogen) atoms. The predicted octanol–water partition coefficient (Wildman–Crippen LogP) is 7.97. The van der Waals surface area contributed by atoms with Gasteiger partial charge in [-0.2, -0.15) is 0 Å². The maximum absolute atomic E-state index is 6.50. The second-order valence-electron chi connectivity index (χ2n) is 11.1. The average Bonchev–Trinajstić information content (AvgIpc) is 2.97. The Bertz CT molecular complexity index is 721. The maximum atomic E-state index is 6.50. The molecule has 1 rings (SSSR count). The summed E-state index contributed by atoms with van der Waals surface area (Å²) in [5, 5.41) is 0. The van der Waals surface area contributed by atoms with Crippen LogP contribution in [0.5, 0.6) is 5.75 Å². The van der Waals surface area contributed by atoms with Crippen LogP contribution in [0.1, 0.15) is 106 Å². The minimum absolute atomic E-state index is 0.255. The molecular weight excluding hydrogens is 518 g/mol. The summed E-state index contributed by atoms with van der Waals surface area (Å²) >= 11 is 0. The van der Waals surface area contributed by atoms with Gasteiger partial charge in [0.15, 0.2) is 0 Å². The van der Waals surface area contributed by atoms with E-state index in [2.05, 4.69) is 20.9 Å². The molecule has 0 aliphatic heterocycles. The van der Waals surface area contributed by atoms with Gasteiger partial charge in [0, 0.05) is 26.4 Å². The van der Waals surface area contributed by atoms with Crippen molar-refractivity contribution in [3.8, 4) is 5.75 Å². The summed E-state index contributed by atoms with van der Waals surface area (Å²) < 4.78 is 38.8. The van der Waals surface area contributed by atoms with E-state index in [1.165, 1.54) is 57.8 Å². The minimum atomic E-state index is -1.53. The van der Waals surface area contributed by atoms with Crippen molar-refractivity contribution in [3.05, 3.63) is 30.3 Å². The number of para-hydroxylation sites is 1. The number of likely N-dealkylation sites (N-methyl/N-ethyl adjacent to an activating group) is 1. The molecule has 1 unspecified atom stereocenters. The Morgan fingerprint density at radius 2 is 1.10 bits per heavy atom. The van der Waals surface area contributed by atoms with Crippen LogP contribution in [0.25, 0.3) is 0 Å². The average molecular weight is 583 g/mol. The monoisotopic (exact) mass is 582 g/mol. The van der Waals surface area contributed by atoms with Gasteiger partial charge >= 0.3 is 11.8 Å². The number of unbranched alkanes of at least 4 members (excludes halogenated alkanes) is 9. The summed E-state index contributed by atoms with van der Waals surface area (Å²) in [4.78, 5) is 0. The lowest BCUT2D eigenvalue weighted by atomic mass is 10.1. The molecule has 0 saturated heterocycles. The van der Waals surface area contributed by atoms with Crippen LogP contribution < -0.4 is 4.74 Å². The molecule has 0 bridgehead atoms. The minimum Gasteiger partial charge on any atom is -0.491 e. The van der Waals surface area contributed by atoms with E-state index in [0.29, 0.717) is 39.6 Å². The van der Waals surface area contributed by atoms with Crippen LogP contribution in [0.4, 0.5) is 0 Å². The van der Waals surface area contributed by atoms with Gasteiger partial charge in [-0.15, -0.1) is 0 Å². The molecule has 0 aromatic heterocycles. The van der Waals surface area contributed by atoms with Gasteiger partial charge in [-0.3, -0.25) is 0 Å². The van der Waals surface area contributed by atoms with Crippen LogP contribution >= 0.6 is 0 Å². The lowest BCUT2D eigenvalue weighted by molar-refractivity contribution is -0.921. The van der Waals surface area contributed by atoms with Gasteiger partial charge in [-0.05, 0) is 59.6 Å². The highest BCUT2D eigenvalue weighted by Crippen LogP contribution is 2.37. The van der Waals surface area contributed by atoms with Gasteiger partial charge in [-0.1, -0.05) is 76.5 Å². The van der Waals surface area contributed by atoms with Crippen LogP contribution in [0.2, 0.25) is 0 Å². The Morgan fingerprint density at radius 3 is 1.59 bits per heavy atom. The molecular formula is C34H64NO6+. The van der Waals surface area contributed by atoms with E-state index in [1.807, 2.05) is 58.0 Å². The van der Waals surface area contributed by atoms with Crippen molar-refractivity contribution in [1.82, 2.24) is 0 Å². The zero-order chi connectivity index (χ0) is 30.3. The fourth-order valence-electron chi connectivity index (χ4n) is 5.39. The molecule has 0 heterocycles. The molecule has 7 nitrogen and oxygen atoms in total. The van der Waals surface area contributed by atoms with Crippen molar-refractivity contribution in [3.63, 3.8) is 0 Å². The maximum Gasteiger partial charge on any atom is 0.346 e. The summed E-state index contributed by atoms with van der Waals surface area (Å²) in [5.41, 5.74) is 0. The zero-order valence-corrected chi connectivity index (χ0v) is 27.7. The van der Waals surface area contributed by atoms with Crippen molar-refractivity contribution < 1.29 is 32.9 Å². The summed E-state index contributed by atoms with van der Waals surface area (Å²) in [7, 11) is 2.28. The molecule has 1 aromatic carbocycles. The standard InChI is InChI=1S/C34H64NO6/c1-8-14-15-16-17-18-19-20-21-25-28-35(7,9-2)31-33(37-10-3,38-11-4)34(39-12-5,40-13-6)41-30-29-36-32-26-23-22-24-27-32/h22-24,26-27H,8-21,25,28-31H2,1-7H3/q+1. The highest BCUT2D eigenvalue weighted by Gasteiger charge is 2.62. The summed E-state index contributed by atoms with van der Waals surface area (Å²) in [6.07, 6.45) is 13.2. The van der Waals surface area contributed by atoms with E-state index in [4.69, 9.17) is 28.4 Å². The molecule has 7 heteroatoms. The first-order valence-electron chi connectivity index (χ1n) is 16.6. The molecule has 1 atom stereocenters. The summed E-state index contributed by atoms with van der Waals surface area (Å²) in [5.74, 6) is -1.99. The van der Waals surface area contributed by atoms with Gasteiger partial charge < -0.3 is 32.9 Å². The molecule has 0 radical (unpaired) electrons. The number of nitrogens with zero attached hydrogens (tertiary/aromatic N) is 1. The number of benzene rings is 1. The van der Waals surface area contributed by atoms with Crippen molar-refractivity contribution in [2.24, 2.45) is 0 Å². The molecule has 0 N–H and O–H groups in total. The first kappa shape index (κ1) is 37.8. The molecule has 0 aliphatic carbocycles. The Morgan fingerprint density at radius 1 is 0.585 bits per heavy atom. The zero-order valence-electron chi connectivity index (χ0n) is 27.7. The predicted molar refractivity (Wildman–Crippen MR) is 168 cm³/mol. The summed E-state index contributed by atoms with van der Waals surface area (Å²) in [6, 6.07) is 9.74. The van der Waals surface area contributed by atoms with E-state index in [0.717, 1.165) is 29.7 Å². The van der Waals surface area contributed by atoms with Crippen molar-refractivity contribution in [2.45, 2.75) is 118 Å². The first-order chi connectivity index (χ1) is 19.9. The Balaban J connectivity index is 2.96. The van der Waals surface area contributed by atoms with E-state index in [1.54, 1.807) is 0 Å². The quantitative estimate of drug-likeness (QED) is 0.0567. The third-order valence-corrected chi connectivity index (χ3v) is 7.68. The molecule has 0 fully saturated rings. The first-order valence-corrected chi connectivity index (χ1v) is 16.6. The van der Waals surface area contributed by atoms with Gasteiger partial charge in [0.25, 0.3) is 0 Å². The number of ether oxygens (including phenoxy) is 6. The van der Waals surface area contributed by atoms with E-state index < -0.39 is 11.8 Å². The number of hydrogen-bond acceptors (Lipinski definition) is 6. The highest BCUT2D eigenvalue weighted by molar-refractivity contribution is 5.20. The largest absolute Gasteiger partial charge is 0.491 e. The van der Waals surface area contributed by atoms with E-state index in [-0.39, 0.29) is 6.61 Å². The Kier molecular flexibility index (Phi) is 20.6. The number of rotatable bonds is 28. The Labute approximate surface area is 252 Å². The lowest BCUT2D eigenvalue weighted by Gasteiger charge is -2.50. The number of hydrogen-bond donors (Lipinski definition) is 0. The van der Waals surface area contributed by atoms with E-state index in [9.17, 15) is 0 Å². The smallest absolute Gasteiger partial charge is 0.346 e. The fraction of sp³-hybridized carbons (Fsp3) is 0.824. The number of quaternary nitrogens is 1. The van der Waals surface area contributed by atoms with Crippen LogP contribution in [0.15, 0.2) is 30.3 Å². The second-order valence-corrected chi connectivity index (χ2v) is 11.1. The molecule has 240 valence electrons. The molecule has 0 saturated carbocycles. The molecule has 1 aromatic rings. The van der Waals surface area contributed by atoms with Gasteiger partial charge in [0.1, 0.15) is 18.9 Å². The molecule has 0 spiro atoms.